The highest BCUT2D eigenvalue weighted by molar-refractivity contribution is 5.92. The summed E-state index contributed by atoms with van der Waals surface area (Å²) in [6.07, 6.45) is 0. The van der Waals surface area contributed by atoms with Crippen LogP contribution in [-0.4, -0.2) is 5.91 Å². The standard InChI is InChI=1S/C14H11F2NO2/c15-12-5-4-11(7-13(12)16)19-8-9-2-1-3-10(6-9)14(17)18/h1-7H,8H2,(H2,17,18). The lowest BCUT2D eigenvalue weighted by atomic mass is 10.1. The normalized spacial score (nSPS) is 10.2. The summed E-state index contributed by atoms with van der Waals surface area (Å²) in [6.45, 7) is 0.131. The Balaban J connectivity index is 2.07. The van der Waals surface area contributed by atoms with Crippen molar-refractivity contribution in [1.29, 1.82) is 0 Å². The molecular formula is C14H11F2NO2. The van der Waals surface area contributed by atoms with Crippen LogP contribution in [0.3, 0.4) is 0 Å². The van der Waals surface area contributed by atoms with Crippen LogP contribution >= 0.6 is 0 Å². The van der Waals surface area contributed by atoms with Gasteiger partial charge in [0, 0.05) is 11.6 Å². The van der Waals surface area contributed by atoms with Crippen LogP contribution in [0.15, 0.2) is 42.5 Å². The monoisotopic (exact) mass is 263 g/mol. The second-order valence-corrected chi connectivity index (χ2v) is 3.93. The lowest BCUT2D eigenvalue weighted by molar-refractivity contribution is 0.1000. The van der Waals surface area contributed by atoms with Gasteiger partial charge in [0.25, 0.3) is 0 Å². The second kappa shape index (κ2) is 5.48. The van der Waals surface area contributed by atoms with Gasteiger partial charge in [-0.1, -0.05) is 12.1 Å². The van der Waals surface area contributed by atoms with Gasteiger partial charge < -0.3 is 10.5 Å². The van der Waals surface area contributed by atoms with Crippen molar-refractivity contribution < 1.29 is 18.3 Å². The number of carbonyl (C=O) groups is 1. The number of primary amides is 1. The van der Waals surface area contributed by atoms with Gasteiger partial charge in [-0.05, 0) is 29.8 Å². The molecule has 1 amide bonds. The summed E-state index contributed by atoms with van der Waals surface area (Å²) in [6, 6.07) is 9.87. The third kappa shape index (κ3) is 3.28. The lowest BCUT2D eigenvalue weighted by Crippen LogP contribution is -2.11. The van der Waals surface area contributed by atoms with E-state index in [1.165, 1.54) is 6.07 Å². The highest BCUT2D eigenvalue weighted by atomic mass is 19.2. The molecule has 0 aromatic heterocycles. The number of hydrogen-bond acceptors (Lipinski definition) is 2. The molecule has 2 N–H and O–H groups in total. The van der Waals surface area contributed by atoms with E-state index in [9.17, 15) is 13.6 Å². The van der Waals surface area contributed by atoms with Crippen LogP contribution < -0.4 is 10.5 Å². The number of ether oxygens (including phenoxy) is 1. The van der Waals surface area contributed by atoms with E-state index in [1.54, 1.807) is 24.3 Å². The van der Waals surface area contributed by atoms with E-state index in [2.05, 4.69) is 0 Å². The molecule has 0 saturated heterocycles. The van der Waals surface area contributed by atoms with Crippen LogP contribution in [0.25, 0.3) is 0 Å². The van der Waals surface area contributed by atoms with Crippen LogP contribution in [0.4, 0.5) is 8.78 Å². The quantitative estimate of drug-likeness (QED) is 0.921. The molecule has 0 aliphatic heterocycles. The van der Waals surface area contributed by atoms with E-state index in [0.29, 0.717) is 11.1 Å². The number of benzene rings is 2. The van der Waals surface area contributed by atoms with Crippen molar-refractivity contribution in [3.8, 4) is 5.75 Å². The summed E-state index contributed by atoms with van der Waals surface area (Å²) in [7, 11) is 0. The third-order valence-electron chi connectivity index (χ3n) is 2.51. The highest BCUT2D eigenvalue weighted by Crippen LogP contribution is 2.17. The van der Waals surface area contributed by atoms with Crippen LogP contribution in [0.1, 0.15) is 15.9 Å². The lowest BCUT2D eigenvalue weighted by Gasteiger charge is -2.07. The highest BCUT2D eigenvalue weighted by Gasteiger charge is 2.05. The molecule has 2 aromatic carbocycles. The SMILES string of the molecule is NC(=O)c1cccc(COc2ccc(F)c(F)c2)c1. The first kappa shape index (κ1) is 13.0. The minimum Gasteiger partial charge on any atom is -0.489 e. The van der Waals surface area contributed by atoms with Crippen molar-refractivity contribution in [3.63, 3.8) is 0 Å². The molecule has 98 valence electrons. The summed E-state index contributed by atoms with van der Waals surface area (Å²) in [5.74, 6) is -2.22. The Morgan fingerprint density at radius 1 is 1.11 bits per heavy atom. The Morgan fingerprint density at radius 2 is 1.89 bits per heavy atom. The number of rotatable bonds is 4. The Bertz CT molecular complexity index is 614. The van der Waals surface area contributed by atoms with Crippen molar-refractivity contribution in [1.82, 2.24) is 0 Å². The molecule has 0 bridgehead atoms. The zero-order valence-electron chi connectivity index (χ0n) is 9.90. The average molecular weight is 263 g/mol. The predicted molar refractivity (Wildman–Crippen MR) is 65.6 cm³/mol. The Labute approximate surface area is 108 Å². The molecule has 2 aromatic rings. The molecule has 0 aliphatic carbocycles. The van der Waals surface area contributed by atoms with Crippen LogP contribution in [0, 0.1) is 11.6 Å². The van der Waals surface area contributed by atoms with Gasteiger partial charge in [0.05, 0.1) is 0 Å². The summed E-state index contributed by atoms with van der Waals surface area (Å²) in [4.78, 5) is 11.0. The summed E-state index contributed by atoms with van der Waals surface area (Å²) in [5.41, 5.74) is 6.23. The minimum absolute atomic E-state index is 0.131. The molecule has 0 fully saturated rings. The van der Waals surface area contributed by atoms with Crippen molar-refractivity contribution in [2.24, 2.45) is 5.73 Å². The number of halogens is 2. The van der Waals surface area contributed by atoms with Gasteiger partial charge in [-0.15, -0.1) is 0 Å². The fraction of sp³-hybridized carbons (Fsp3) is 0.0714. The maximum Gasteiger partial charge on any atom is 0.248 e. The second-order valence-electron chi connectivity index (χ2n) is 3.93. The Hall–Kier alpha value is -2.43. The third-order valence-corrected chi connectivity index (χ3v) is 2.51. The molecular weight excluding hydrogens is 252 g/mol. The van der Waals surface area contributed by atoms with Gasteiger partial charge >= 0.3 is 0 Å². The van der Waals surface area contributed by atoms with Gasteiger partial charge in [0.2, 0.25) is 5.91 Å². The van der Waals surface area contributed by atoms with Gasteiger partial charge in [-0.2, -0.15) is 0 Å². The van der Waals surface area contributed by atoms with Crippen molar-refractivity contribution >= 4 is 5.91 Å². The molecule has 5 heteroatoms. The number of nitrogens with two attached hydrogens (primary N) is 1. The Kier molecular flexibility index (Phi) is 3.75. The molecule has 0 aliphatic rings. The number of amides is 1. The maximum atomic E-state index is 13.0. The first-order chi connectivity index (χ1) is 9.06. The molecule has 3 nitrogen and oxygen atoms in total. The first-order valence-electron chi connectivity index (χ1n) is 5.53. The van der Waals surface area contributed by atoms with Gasteiger partial charge in [-0.3, -0.25) is 4.79 Å². The molecule has 19 heavy (non-hydrogen) atoms. The molecule has 0 saturated carbocycles. The average Bonchev–Trinajstić information content (AvgIpc) is 2.40. The molecule has 0 radical (unpaired) electrons. The van der Waals surface area contributed by atoms with Crippen LogP contribution in [0.2, 0.25) is 0 Å². The van der Waals surface area contributed by atoms with E-state index in [1.807, 2.05) is 0 Å². The minimum atomic E-state index is -0.969. The largest absolute Gasteiger partial charge is 0.489 e. The zero-order chi connectivity index (χ0) is 13.8. The maximum absolute atomic E-state index is 13.0. The number of carbonyl (C=O) groups excluding carboxylic acids is 1. The van der Waals surface area contributed by atoms with Gasteiger partial charge in [0.1, 0.15) is 12.4 Å². The number of hydrogen-bond donors (Lipinski definition) is 1. The molecule has 0 atom stereocenters. The fourth-order valence-electron chi connectivity index (χ4n) is 1.55. The van der Waals surface area contributed by atoms with Gasteiger partial charge in [-0.25, -0.2) is 8.78 Å². The van der Waals surface area contributed by atoms with E-state index in [0.717, 1.165) is 12.1 Å². The van der Waals surface area contributed by atoms with Crippen molar-refractivity contribution in [2.45, 2.75) is 6.61 Å². The van der Waals surface area contributed by atoms with E-state index in [-0.39, 0.29) is 12.4 Å². The van der Waals surface area contributed by atoms with Crippen LogP contribution in [0.5, 0.6) is 5.75 Å². The van der Waals surface area contributed by atoms with E-state index >= 15 is 0 Å². The van der Waals surface area contributed by atoms with Crippen molar-refractivity contribution in [3.05, 3.63) is 65.2 Å². The first-order valence-corrected chi connectivity index (χ1v) is 5.53. The van der Waals surface area contributed by atoms with Crippen LogP contribution in [-0.2, 0) is 6.61 Å². The van der Waals surface area contributed by atoms with Crippen molar-refractivity contribution in [2.75, 3.05) is 0 Å². The topological polar surface area (TPSA) is 52.3 Å². The van der Waals surface area contributed by atoms with E-state index < -0.39 is 17.5 Å². The van der Waals surface area contributed by atoms with Gasteiger partial charge in [0.15, 0.2) is 11.6 Å². The molecule has 0 heterocycles. The fourth-order valence-corrected chi connectivity index (χ4v) is 1.55. The molecule has 2 rings (SSSR count). The smallest absolute Gasteiger partial charge is 0.248 e. The Morgan fingerprint density at radius 3 is 2.58 bits per heavy atom. The summed E-state index contributed by atoms with van der Waals surface area (Å²) in [5, 5.41) is 0. The molecule has 0 unspecified atom stereocenters. The zero-order valence-corrected chi connectivity index (χ0v) is 9.90. The molecule has 0 spiro atoms. The predicted octanol–water partition coefficient (Wildman–Crippen LogP) is 2.64. The summed E-state index contributed by atoms with van der Waals surface area (Å²) < 4.78 is 31.0. The van der Waals surface area contributed by atoms with E-state index in [4.69, 9.17) is 10.5 Å². The summed E-state index contributed by atoms with van der Waals surface area (Å²) >= 11 is 0.